The summed E-state index contributed by atoms with van der Waals surface area (Å²) in [5.41, 5.74) is 0. The van der Waals surface area contributed by atoms with Crippen molar-refractivity contribution in [1.29, 1.82) is 0 Å². The van der Waals surface area contributed by atoms with Crippen molar-refractivity contribution in [2.24, 2.45) is 5.92 Å². The van der Waals surface area contributed by atoms with Gasteiger partial charge in [0, 0.05) is 12.4 Å². The lowest BCUT2D eigenvalue weighted by atomic mass is 10.4. The van der Waals surface area contributed by atoms with Gasteiger partial charge in [0.1, 0.15) is 0 Å². The Morgan fingerprint density at radius 3 is 2.60 bits per heavy atom. The van der Waals surface area contributed by atoms with Crippen LogP contribution in [-0.2, 0) is 9.63 Å². The number of hydrogen-bond donors (Lipinski definition) is 0. The van der Waals surface area contributed by atoms with Crippen LogP contribution >= 0.6 is 11.6 Å². The molecule has 0 aliphatic heterocycles. The highest BCUT2D eigenvalue weighted by Gasteiger charge is 2.43. The number of hydroxylamine groups is 2. The highest BCUT2D eigenvalue weighted by atomic mass is 35.5. The molecule has 0 heterocycles. The minimum atomic E-state index is -0.0255. The fourth-order valence-corrected chi connectivity index (χ4v) is 1.04. The molecule has 0 bridgehead atoms. The van der Waals surface area contributed by atoms with Crippen LogP contribution in [0.4, 0.5) is 0 Å². The summed E-state index contributed by atoms with van der Waals surface area (Å²) in [4.78, 5) is 15.7. The Bertz CT molecular complexity index is 145. The summed E-state index contributed by atoms with van der Waals surface area (Å²) < 4.78 is 0. The molecule has 0 aromatic rings. The van der Waals surface area contributed by atoms with Gasteiger partial charge in [-0.2, -0.15) is 0 Å². The Hall–Kier alpha value is -0.280. The van der Waals surface area contributed by atoms with Gasteiger partial charge in [-0.3, -0.25) is 9.63 Å². The van der Waals surface area contributed by atoms with Crippen molar-refractivity contribution in [2.45, 2.75) is 11.8 Å². The number of alkyl halides is 1. The second-order valence-corrected chi connectivity index (χ2v) is 2.94. The topological polar surface area (TPSA) is 29.5 Å². The minimum Gasteiger partial charge on any atom is -0.275 e. The number of nitrogens with zero attached hydrogens (tertiary/aromatic N) is 1. The quantitative estimate of drug-likeness (QED) is 0.442. The molecule has 1 saturated carbocycles. The van der Waals surface area contributed by atoms with Crippen molar-refractivity contribution in [3.8, 4) is 0 Å². The van der Waals surface area contributed by atoms with E-state index in [0.29, 0.717) is 0 Å². The maximum absolute atomic E-state index is 11.1. The van der Waals surface area contributed by atoms with Crippen molar-refractivity contribution >= 4 is 17.5 Å². The Labute approximate surface area is 64.9 Å². The van der Waals surface area contributed by atoms with Crippen molar-refractivity contribution < 1.29 is 9.63 Å². The standard InChI is InChI=1S/C6H10ClNO2/c1-8(10-2)6(9)4-3-5(4)7/h4-5H,3H2,1-2H3/t4-,5-/m1/s1. The third-order valence-corrected chi connectivity index (χ3v) is 2.10. The van der Waals surface area contributed by atoms with Crippen LogP contribution in [0.5, 0.6) is 0 Å². The van der Waals surface area contributed by atoms with Crippen LogP contribution in [-0.4, -0.2) is 30.5 Å². The van der Waals surface area contributed by atoms with Crippen LogP contribution < -0.4 is 0 Å². The van der Waals surface area contributed by atoms with Crippen LogP contribution in [0.15, 0.2) is 0 Å². The van der Waals surface area contributed by atoms with E-state index < -0.39 is 0 Å². The molecular formula is C6H10ClNO2. The average molecular weight is 164 g/mol. The number of rotatable bonds is 2. The number of carbonyl (C=O) groups excluding carboxylic acids is 1. The minimum absolute atomic E-state index is 0.00776. The zero-order chi connectivity index (χ0) is 7.72. The number of halogens is 1. The summed E-state index contributed by atoms with van der Waals surface area (Å²) in [5.74, 6) is -0.0332. The molecule has 0 aromatic heterocycles. The second kappa shape index (κ2) is 2.76. The fourth-order valence-electron chi connectivity index (χ4n) is 0.743. The van der Waals surface area contributed by atoms with Gasteiger partial charge in [0.15, 0.2) is 0 Å². The number of carbonyl (C=O) groups is 1. The van der Waals surface area contributed by atoms with Gasteiger partial charge in [0.25, 0.3) is 0 Å². The summed E-state index contributed by atoms with van der Waals surface area (Å²) in [6.07, 6.45) is 0.786. The molecule has 1 aliphatic rings. The monoisotopic (exact) mass is 163 g/mol. The molecule has 4 heteroatoms. The van der Waals surface area contributed by atoms with Crippen LogP contribution in [0.2, 0.25) is 0 Å². The molecule has 1 rings (SSSR count). The first-order valence-corrected chi connectivity index (χ1v) is 3.56. The maximum atomic E-state index is 11.1. The molecule has 0 spiro atoms. The summed E-state index contributed by atoms with van der Waals surface area (Å²) in [5, 5.41) is 1.25. The predicted octanol–water partition coefficient (Wildman–Crippen LogP) is 0.633. The van der Waals surface area contributed by atoms with E-state index in [1.54, 1.807) is 7.05 Å². The Kier molecular flexibility index (Phi) is 2.16. The van der Waals surface area contributed by atoms with Gasteiger partial charge in [-0.1, -0.05) is 0 Å². The molecule has 0 radical (unpaired) electrons. The van der Waals surface area contributed by atoms with Crippen LogP contribution in [0.25, 0.3) is 0 Å². The molecule has 1 amide bonds. The van der Waals surface area contributed by atoms with E-state index in [0.717, 1.165) is 6.42 Å². The predicted molar refractivity (Wildman–Crippen MR) is 37.5 cm³/mol. The molecule has 0 saturated heterocycles. The van der Waals surface area contributed by atoms with Gasteiger partial charge in [-0.15, -0.1) is 11.6 Å². The fraction of sp³-hybridized carbons (Fsp3) is 0.833. The zero-order valence-corrected chi connectivity index (χ0v) is 6.76. The van der Waals surface area contributed by atoms with Gasteiger partial charge in [0.2, 0.25) is 5.91 Å². The zero-order valence-electron chi connectivity index (χ0n) is 6.00. The van der Waals surface area contributed by atoms with Crippen LogP contribution in [0.1, 0.15) is 6.42 Å². The SMILES string of the molecule is CON(C)C(=O)[C@@H]1C[C@H]1Cl. The normalized spacial score (nSPS) is 29.9. The lowest BCUT2D eigenvalue weighted by Crippen LogP contribution is -2.27. The molecular weight excluding hydrogens is 154 g/mol. The van der Waals surface area contributed by atoms with E-state index in [1.807, 2.05) is 0 Å². The first-order valence-electron chi connectivity index (χ1n) is 3.12. The molecule has 58 valence electrons. The average Bonchev–Trinajstić information content (AvgIpc) is 2.63. The highest BCUT2D eigenvalue weighted by molar-refractivity contribution is 6.24. The van der Waals surface area contributed by atoms with Crippen LogP contribution in [0, 0.1) is 5.92 Å². The number of hydrogen-bond acceptors (Lipinski definition) is 2. The molecule has 3 nitrogen and oxygen atoms in total. The van der Waals surface area contributed by atoms with E-state index in [2.05, 4.69) is 4.84 Å². The van der Waals surface area contributed by atoms with Gasteiger partial charge in [-0.25, -0.2) is 5.06 Å². The lowest BCUT2D eigenvalue weighted by molar-refractivity contribution is -0.170. The van der Waals surface area contributed by atoms with Crippen molar-refractivity contribution in [3.63, 3.8) is 0 Å². The second-order valence-electron chi connectivity index (χ2n) is 2.38. The van der Waals surface area contributed by atoms with Gasteiger partial charge >= 0.3 is 0 Å². The van der Waals surface area contributed by atoms with E-state index in [9.17, 15) is 4.79 Å². The first-order chi connectivity index (χ1) is 4.66. The molecule has 2 atom stereocenters. The third kappa shape index (κ3) is 1.41. The van der Waals surface area contributed by atoms with Crippen molar-refractivity contribution in [1.82, 2.24) is 5.06 Å². The summed E-state index contributed by atoms with van der Waals surface area (Å²) >= 11 is 5.64. The number of amides is 1. The first kappa shape index (κ1) is 7.82. The summed E-state index contributed by atoms with van der Waals surface area (Å²) in [6.45, 7) is 0. The van der Waals surface area contributed by atoms with Gasteiger partial charge in [-0.05, 0) is 6.42 Å². The van der Waals surface area contributed by atoms with E-state index in [1.165, 1.54) is 12.2 Å². The van der Waals surface area contributed by atoms with Crippen molar-refractivity contribution in [3.05, 3.63) is 0 Å². The lowest BCUT2D eigenvalue weighted by Gasteiger charge is -2.12. The van der Waals surface area contributed by atoms with E-state index in [4.69, 9.17) is 11.6 Å². The Morgan fingerprint density at radius 2 is 2.30 bits per heavy atom. The maximum Gasteiger partial charge on any atom is 0.250 e. The van der Waals surface area contributed by atoms with Crippen LogP contribution in [0.3, 0.4) is 0 Å². The summed E-state index contributed by atoms with van der Waals surface area (Å²) in [7, 11) is 3.05. The summed E-state index contributed by atoms with van der Waals surface area (Å²) in [6, 6.07) is 0. The third-order valence-electron chi connectivity index (χ3n) is 1.61. The molecule has 0 unspecified atom stereocenters. The molecule has 0 N–H and O–H groups in total. The van der Waals surface area contributed by atoms with E-state index in [-0.39, 0.29) is 17.2 Å². The molecule has 10 heavy (non-hydrogen) atoms. The largest absolute Gasteiger partial charge is 0.275 e. The van der Waals surface area contributed by atoms with Gasteiger partial charge in [0.05, 0.1) is 13.0 Å². The van der Waals surface area contributed by atoms with Gasteiger partial charge < -0.3 is 0 Å². The molecule has 1 aliphatic carbocycles. The molecule has 1 fully saturated rings. The van der Waals surface area contributed by atoms with Crippen molar-refractivity contribution in [2.75, 3.05) is 14.2 Å². The Morgan fingerprint density at radius 1 is 1.80 bits per heavy atom. The highest BCUT2D eigenvalue weighted by Crippen LogP contribution is 2.37. The smallest absolute Gasteiger partial charge is 0.250 e. The Balaban J connectivity index is 2.35. The van der Waals surface area contributed by atoms with E-state index >= 15 is 0 Å². The molecule has 0 aromatic carbocycles.